The van der Waals surface area contributed by atoms with E-state index in [4.69, 9.17) is 75.4 Å². The molecular formula is C12H12Cl4N2O4S. The number of hydrogen-bond acceptors (Lipinski definition) is 4. The fourth-order valence-electron chi connectivity index (χ4n) is 1.03. The molecule has 0 spiro atoms. The van der Waals surface area contributed by atoms with Gasteiger partial charge in [-0.2, -0.15) is 8.42 Å². The molecule has 23 heavy (non-hydrogen) atoms. The van der Waals surface area contributed by atoms with Crippen LogP contribution in [0.3, 0.4) is 0 Å². The smallest absolute Gasteiger partial charge is 0.394 e. The Balaban J connectivity index is 0.000000332. The van der Waals surface area contributed by atoms with Gasteiger partial charge >= 0.3 is 10.4 Å². The highest BCUT2D eigenvalue weighted by Gasteiger charge is 1.94. The largest absolute Gasteiger partial charge is 0.397 e. The monoisotopic (exact) mass is 420 g/mol. The summed E-state index contributed by atoms with van der Waals surface area (Å²) < 4.78 is 31.6. The highest BCUT2D eigenvalue weighted by atomic mass is 35.5. The normalized spacial score (nSPS) is 10.0. The van der Waals surface area contributed by atoms with E-state index in [2.05, 4.69) is 0 Å². The van der Waals surface area contributed by atoms with Gasteiger partial charge in [-0.1, -0.05) is 46.4 Å². The molecule has 0 bridgehead atoms. The molecule has 2 aromatic carbocycles. The molecule has 0 saturated carbocycles. The van der Waals surface area contributed by atoms with Crippen molar-refractivity contribution in [1.82, 2.24) is 0 Å². The van der Waals surface area contributed by atoms with Gasteiger partial charge in [-0.25, -0.2) is 0 Å². The van der Waals surface area contributed by atoms with Crippen molar-refractivity contribution in [1.29, 1.82) is 0 Å². The van der Waals surface area contributed by atoms with Gasteiger partial charge in [-0.15, -0.1) is 0 Å². The minimum Gasteiger partial charge on any atom is -0.397 e. The Morgan fingerprint density at radius 2 is 1.00 bits per heavy atom. The Morgan fingerprint density at radius 3 is 1.17 bits per heavy atom. The van der Waals surface area contributed by atoms with Crippen molar-refractivity contribution in [2.45, 2.75) is 0 Å². The van der Waals surface area contributed by atoms with E-state index in [9.17, 15) is 0 Å². The van der Waals surface area contributed by atoms with Gasteiger partial charge in [0.05, 0.1) is 21.4 Å². The average molecular weight is 422 g/mol. The van der Waals surface area contributed by atoms with Crippen molar-refractivity contribution in [2.24, 2.45) is 0 Å². The van der Waals surface area contributed by atoms with Crippen LogP contribution >= 0.6 is 46.4 Å². The summed E-state index contributed by atoms with van der Waals surface area (Å²) in [6.45, 7) is 0. The Kier molecular flexibility index (Phi) is 9.64. The van der Waals surface area contributed by atoms with Gasteiger partial charge in [0, 0.05) is 10.0 Å². The number of halogens is 4. The third kappa shape index (κ3) is 12.2. The van der Waals surface area contributed by atoms with Gasteiger partial charge in [0.1, 0.15) is 0 Å². The van der Waals surface area contributed by atoms with Crippen LogP contribution < -0.4 is 11.5 Å². The Labute approximate surface area is 153 Å². The van der Waals surface area contributed by atoms with Crippen molar-refractivity contribution in [3.63, 3.8) is 0 Å². The SMILES string of the molecule is Nc1cc(Cl)ccc1Cl.Nc1cc(Cl)ccc1Cl.O=S(=O)(O)O. The first-order valence-corrected chi connectivity index (χ1v) is 8.42. The molecule has 0 fully saturated rings. The summed E-state index contributed by atoms with van der Waals surface area (Å²) >= 11 is 22.4. The maximum absolute atomic E-state index is 8.74. The van der Waals surface area contributed by atoms with Crippen LogP contribution in [0.5, 0.6) is 0 Å². The van der Waals surface area contributed by atoms with Gasteiger partial charge in [0.15, 0.2) is 0 Å². The fraction of sp³-hybridized carbons (Fsp3) is 0. The van der Waals surface area contributed by atoms with E-state index in [1.807, 2.05) is 0 Å². The van der Waals surface area contributed by atoms with Crippen molar-refractivity contribution in [2.75, 3.05) is 11.5 Å². The number of hydrogen-bond donors (Lipinski definition) is 4. The second-order valence-electron chi connectivity index (χ2n) is 3.78. The summed E-state index contributed by atoms with van der Waals surface area (Å²) in [5, 5.41) is 2.30. The first-order valence-electron chi connectivity index (χ1n) is 5.51. The van der Waals surface area contributed by atoms with E-state index in [0.717, 1.165) is 0 Å². The zero-order valence-electron chi connectivity index (χ0n) is 11.2. The quantitative estimate of drug-likeness (QED) is 0.366. The molecule has 6 nitrogen and oxygen atoms in total. The topological polar surface area (TPSA) is 127 Å². The number of rotatable bonds is 0. The number of benzene rings is 2. The molecule has 0 radical (unpaired) electrons. The highest BCUT2D eigenvalue weighted by molar-refractivity contribution is 7.79. The van der Waals surface area contributed by atoms with E-state index in [1.54, 1.807) is 36.4 Å². The number of anilines is 2. The minimum absolute atomic E-state index is 0.518. The van der Waals surface area contributed by atoms with Crippen molar-refractivity contribution < 1.29 is 17.5 Å². The molecule has 6 N–H and O–H groups in total. The van der Waals surface area contributed by atoms with Gasteiger partial charge in [0.2, 0.25) is 0 Å². The summed E-state index contributed by atoms with van der Waals surface area (Å²) in [5.74, 6) is 0. The molecule has 0 aromatic heterocycles. The maximum atomic E-state index is 8.74. The van der Waals surface area contributed by atoms with Crippen LogP contribution in [-0.2, 0) is 10.4 Å². The molecule has 11 heteroatoms. The lowest BCUT2D eigenvalue weighted by molar-refractivity contribution is 0.381. The summed E-state index contributed by atoms with van der Waals surface area (Å²) in [4.78, 5) is 0. The van der Waals surface area contributed by atoms with Gasteiger partial charge in [0.25, 0.3) is 0 Å². The Bertz CT molecular complexity index is 699. The summed E-state index contributed by atoms with van der Waals surface area (Å²) in [6.07, 6.45) is 0. The molecule has 0 aliphatic rings. The van der Waals surface area contributed by atoms with Crippen LogP contribution in [0.4, 0.5) is 11.4 Å². The van der Waals surface area contributed by atoms with Crippen LogP contribution in [0.2, 0.25) is 20.1 Å². The van der Waals surface area contributed by atoms with Crippen molar-refractivity contribution >= 4 is 68.2 Å². The Morgan fingerprint density at radius 1 is 0.739 bits per heavy atom. The average Bonchev–Trinajstić information content (AvgIpc) is 2.38. The zero-order chi connectivity index (χ0) is 18.2. The third-order valence-corrected chi connectivity index (χ3v) is 3.07. The summed E-state index contributed by atoms with van der Waals surface area (Å²) in [7, 11) is -4.67. The molecule has 128 valence electrons. The number of nitrogen functional groups attached to an aromatic ring is 2. The molecule has 0 amide bonds. The first-order chi connectivity index (χ1) is 10.4. The first kappa shape index (κ1) is 22.1. The lowest BCUT2D eigenvalue weighted by Crippen LogP contribution is -1.89. The lowest BCUT2D eigenvalue weighted by Gasteiger charge is -1.95. The van der Waals surface area contributed by atoms with E-state index in [-0.39, 0.29) is 0 Å². The number of nitrogens with two attached hydrogens (primary N) is 2. The van der Waals surface area contributed by atoms with Crippen LogP contribution in [0.1, 0.15) is 0 Å². The molecular weight excluding hydrogens is 410 g/mol. The molecule has 0 atom stereocenters. The van der Waals surface area contributed by atoms with Crippen LogP contribution in [0.25, 0.3) is 0 Å². The third-order valence-electron chi connectivity index (χ3n) is 1.92. The van der Waals surface area contributed by atoms with E-state index in [1.165, 1.54) is 0 Å². The summed E-state index contributed by atoms with van der Waals surface area (Å²) in [6, 6.07) is 9.95. The maximum Gasteiger partial charge on any atom is 0.394 e. The minimum atomic E-state index is -4.67. The predicted molar refractivity (Wildman–Crippen MR) is 95.9 cm³/mol. The predicted octanol–water partition coefficient (Wildman–Crippen LogP) is 4.50. The van der Waals surface area contributed by atoms with E-state index < -0.39 is 10.4 Å². The highest BCUT2D eigenvalue weighted by Crippen LogP contribution is 2.22. The second-order valence-corrected chi connectivity index (χ2v) is 6.36. The Hall–Kier alpha value is -0.930. The van der Waals surface area contributed by atoms with Gasteiger partial charge < -0.3 is 11.5 Å². The van der Waals surface area contributed by atoms with E-state index >= 15 is 0 Å². The zero-order valence-corrected chi connectivity index (χ0v) is 15.1. The molecule has 2 aromatic rings. The summed E-state index contributed by atoms with van der Waals surface area (Å²) in [5.41, 5.74) is 11.8. The molecule has 0 unspecified atom stereocenters. The molecule has 0 saturated heterocycles. The fourth-order valence-corrected chi connectivity index (χ4v) is 1.63. The molecule has 2 rings (SSSR count). The standard InChI is InChI=1S/2C6H5Cl2N.H2O4S/c2*7-4-1-2-5(8)6(9)3-4;1-5(2,3)4/h2*1-3H,9H2;(H2,1,2,3,4). The second kappa shape index (κ2) is 10.0. The van der Waals surface area contributed by atoms with Crippen LogP contribution in [-0.4, -0.2) is 17.5 Å². The molecule has 0 aliphatic carbocycles. The van der Waals surface area contributed by atoms with E-state index in [0.29, 0.717) is 31.5 Å². The van der Waals surface area contributed by atoms with Gasteiger partial charge in [-0.3, -0.25) is 9.11 Å². The lowest BCUT2D eigenvalue weighted by atomic mass is 10.3. The van der Waals surface area contributed by atoms with Crippen LogP contribution in [0.15, 0.2) is 36.4 Å². The van der Waals surface area contributed by atoms with Crippen LogP contribution in [0, 0.1) is 0 Å². The van der Waals surface area contributed by atoms with Crippen molar-refractivity contribution in [3.8, 4) is 0 Å². The molecule has 0 heterocycles. The molecule has 0 aliphatic heterocycles. The van der Waals surface area contributed by atoms with Crippen molar-refractivity contribution in [3.05, 3.63) is 56.5 Å². The van der Waals surface area contributed by atoms with Gasteiger partial charge in [-0.05, 0) is 36.4 Å².